The van der Waals surface area contributed by atoms with E-state index in [-0.39, 0.29) is 29.1 Å². The largest absolute Gasteiger partial charge is 0.508 e. The van der Waals surface area contributed by atoms with Gasteiger partial charge in [0.05, 0.1) is 12.2 Å². The first kappa shape index (κ1) is 20.4. The van der Waals surface area contributed by atoms with Crippen molar-refractivity contribution in [2.45, 2.75) is 52.9 Å². The van der Waals surface area contributed by atoms with Gasteiger partial charge in [0.25, 0.3) is 5.91 Å². The molecular weight excluding hydrogens is 374 g/mol. The van der Waals surface area contributed by atoms with Crippen molar-refractivity contribution in [1.29, 1.82) is 0 Å². The van der Waals surface area contributed by atoms with E-state index in [0.29, 0.717) is 16.1 Å². The minimum Gasteiger partial charge on any atom is -0.508 e. The number of phenolic OH excluding ortho intramolecular Hbond substituents is 1. The van der Waals surface area contributed by atoms with Gasteiger partial charge in [0.1, 0.15) is 10.8 Å². The Morgan fingerprint density at radius 3 is 2.43 bits per heavy atom. The summed E-state index contributed by atoms with van der Waals surface area (Å²) in [6.07, 6.45) is 1.77. The molecule has 28 heavy (non-hydrogen) atoms. The van der Waals surface area contributed by atoms with Crippen LogP contribution in [0, 0.1) is 5.41 Å². The number of benzene rings is 1. The molecule has 0 atom stereocenters. The summed E-state index contributed by atoms with van der Waals surface area (Å²) in [5.74, 6) is -0.616. The molecule has 0 unspecified atom stereocenters. The van der Waals surface area contributed by atoms with E-state index in [1.165, 1.54) is 23.5 Å². The number of carbonyl (C=O) groups is 2. The van der Waals surface area contributed by atoms with Gasteiger partial charge >= 0.3 is 5.97 Å². The highest BCUT2D eigenvalue weighted by Gasteiger charge is 2.42. The fourth-order valence-electron chi connectivity index (χ4n) is 4.29. The maximum Gasteiger partial charge on any atom is 0.341 e. The number of ether oxygens (including phenoxy) is 1. The van der Waals surface area contributed by atoms with E-state index in [4.69, 9.17) is 4.74 Å². The number of phenols is 1. The van der Waals surface area contributed by atoms with E-state index >= 15 is 0 Å². The van der Waals surface area contributed by atoms with Gasteiger partial charge in [-0.25, -0.2) is 4.79 Å². The van der Waals surface area contributed by atoms with Crippen molar-refractivity contribution < 1.29 is 19.4 Å². The smallest absolute Gasteiger partial charge is 0.341 e. The van der Waals surface area contributed by atoms with Gasteiger partial charge in [-0.05, 0) is 60.4 Å². The average molecular weight is 402 g/mol. The van der Waals surface area contributed by atoms with Crippen molar-refractivity contribution in [1.82, 2.24) is 0 Å². The van der Waals surface area contributed by atoms with Crippen LogP contribution >= 0.6 is 11.3 Å². The predicted molar refractivity (Wildman–Crippen MR) is 111 cm³/mol. The molecule has 1 aromatic carbocycles. The lowest BCUT2D eigenvalue weighted by Crippen LogP contribution is -2.34. The number of fused-ring (bicyclic) bond motifs is 1. The number of aromatic hydroxyl groups is 1. The highest BCUT2D eigenvalue weighted by Crippen LogP contribution is 2.52. The Balaban J connectivity index is 2.06. The second-order valence-corrected chi connectivity index (χ2v) is 9.76. The van der Waals surface area contributed by atoms with E-state index in [2.05, 4.69) is 33.0 Å². The predicted octanol–water partition coefficient (Wildman–Crippen LogP) is 5.13. The summed E-state index contributed by atoms with van der Waals surface area (Å²) in [5.41, 5.74) is 1.85. The minimum absolute atomic E-state index is 0.0526. The number of amides is 1. The lowest BCUT2D eigenvalue weighted by atomic mass is 9.65. The van der Waals surface area contributed by atoms with Crippen LogP contribution in [0.25, 0.3) is 0 Å². The van der Waals surface area contributed by atoms with Crippen LogP contribution in [0.3, 0.4) is 0 Å². The lowest BCUT2D eigenvalue weighted by molar-refractivity contribution is 0.0525. The number of hydrogen-bond acceptors (Lipinski definition) is 5. The van der Waals surface area contributed by atoms with Crippen LogP contribution in [0.2, 0.25) is 0 Å². The number of hydrogen-bond donors (Lipinski definition) is 2. The zero-order chi connectivity index (χ0) is 20.7. The topological polar surface area (TPSA) is 75.6 Å². The normalized spacial score (nSPS) is 16.9. The highest BCUT2D eigenvalue weighted by atomic mass is 32.1. The summed E-state index contributed by atoms with van der Waals surface area (Å²) in [6, 6.07) is 6.03. The third kappa shape index (κ3) is 3.92. The number of anilines is 1. The number of thiophene rings is 1. The van der Waals surface area contributed by atoms with Gasteiger partial charge in [0.15, 0.2) is 0 Å². The van der Waals surface area contributed by atoms with Crippen LogP contribution in [-0.2, 0) is 16.6 Å². The monoisotopic (exact) mass is 401 g/mol. The molecule has 150 valence electrons. The molecule has 2 N–H and O–H groups in total. The van der Waals surface area contributed by atoms with Gasteiger partial charge in [0.2, 0.25) is 0 Å². The Morgan fingerprint density at radius 1 is 1.18 bits per heavy atom. The zero-order valence-electron chi connectivity index (χ0n) is 17.0. The SMILES string of the molecule is CCOC(=O)c1c(NC(=O)c2ccc(O)cc2)sc2c1CC(C)(C)CC2(C)C. The minimum atomic E-state index is -0.394. The summed E-state index contributed by atoms with van der Waals surface area (Å²) in [6.45, 7) is 10.8. The van der Waals surface area contributed by atoms with Gasteiger partial charge in [-0.1, -0.05) is 27.7 Å². The molecule has 1 amide bonds. The summed E-state index contributed by atoms with van der Waals surface area (Å²) in [7, 11) is 0. The molecule has 2 aromatic rings. The van der Waals surface area contributed by atoms with Gasteiger partial charge in [-0.3, -0.25) is 4.79 Å². The van der Waals surface area contributed by atoms with E-state index in [1.807, 2.05) is 0 Å². The molecule has 0 saturated carbocycles. The second kappa shape index (κ2) is 7.24. The Hall–Kier alpha value is -2.34. The van der Waals surface area contributed by atoms with Gasteiger partial charge in [-0.15, -0.1) is 11.3 Å². The molecule has 1 heterocycles. The molecule has 0 radical (unpaired) electrons. The standard InChI is InChI=1S/C22H27NO4S/c1-6-27-20(26)16-15-11-21(2,3)12-22(4,5)17(15)28-19(16)23-18(25)13-7-9-14(24)10-8-13/h7-10,24H,6,11-12H2,1-5H3,(H,23,25). The maximum atomic E-state index is 12.8. The molecule has 1 aliphatic rings. The maximum absolute atomic E-state index is 12.8. The number of nitrogens with one attached hydrogen (secondary N) is 1. The fourth-order valence-corrected chi connectivity index (χ4v) is 5.60. The lowest BCUT2D eigenvalue weighted by Gasteiger charge is -2.40. The summed E-state index contributed by atoms with van der Waals surface area (Å²) in [5, 5.41) is 12.9. The molecule has 1 aromatic heterocycles. The van der Waals surface area contributed by atoms with Crippen molar-refractivity contribution in [2.75, 3.05) is 11.9 Å². The Morgan fingerprint density at radius 2 is 1.82 bits per heavy atom. The molecule has 0 saturated heterocycles. The first-order chi connectivity index (χ1) is 13.0. The summed E-state index contributed by atoms with van der Waals surface area (Å²) < 4.78 is 5.32. The van der Waals surface area contributed by atoms with Crippen LogP contribution in [0.4, 0.5) is 5.00 Å². The van der Waals surface area contributed by atoms with E-state index in [1.54, 1.807) is 19.1 Å². The molecule has 0 fully saturated rings. The molecule has 1 aliphatic carbocycles. The highest BCUT2D eigenvalue weighted by molar-refractivity contribution is 7.17. The van der Waals surface area contributed by atoms with Crippen molar-refractivity contribution in [3.63, 3.8) is 0 Å². The van der Waals surface area contributed by atoms with E-state index < -0.39 is 5.97 Å². The van der Waals surface area contributed by atoms with Crippen LogP contribution in [0.1, 0.15) is 72.2 Å². The number of rotatable bonds is 4. The van der Waals surface area contributed by atoms with E-state index in [9.17, 15) is 14.7 Å². The van der Waals surface area contributed by atoms with Crippen molar-refractivity contribution >= 4 is 28.2 Å². The zero-order valence-corrected chi connectivity index (χ0v) is 17.8. The van der Waals surface area contributed by atoms with Crippen molar-refractivity contribution in [3.05, 3.63) is 45.8 Å². The van der Waals surface area contributed by atoms with Gasteiger partial charge in [-0.2, -0.15) is 0 Å². The summed E-state index contributed by atoms with van der Waals surface area (Å²) >= 11 is 1.47. The molecule has 3 rings (SSSR count). The number of esters is 1. The van der Waals surface area contributed by atoms with E-state index in [0.717, 1.165) is 23.3 Å². The van der Waals surface area contributed by atoms with Crippen LogP contribution in [0.15, 0.2) is 24.3 Å². The molecule has 0 bridgehead atoms. The Labute approximate surface area is 169 Å². The second-order valence-electron chi connectivity index (χ2n) is 8.74. The van der Waals surface area contributed by atoms with Crippen LogP contribution in [-0.4, -0.2) is 23.6 Å². The van der Waals surface area contributed by atoms with Gasteiger partial charge in [0, 0.05) is 10.4 Å². The Bertz CT molecular complexity index is 909. The molecular formula is C22H27NO4S. The summed E-state index contributed by atoms with van der Waals surface area (Å²) in [4.78, 5) is 26.6. The first-order valence-corrected chi connectivity index (χ1v) is 10.3. The third-order valence-corrected chi connectivity index (χ3v) is 6.55. The molecule has 0 spiro atoms. The quantitative estimate of drug-likeness (QED) is 0.696. The first-order valence-electron chi connectivity index (χ1n) is 9.48. The van der Waals surface area contributed by atoms with Crippen LogP contribution < -0.4 is 5.32 Å². The van der Waals surface area contributed by atoms with Gasteiger partial charge < -0.3 is 15.2 Å². The molecule has 0 aliphatic heterocycles. The molecule has 5 nitrogen and oxygen atoms in total. The van der Waals surface area contributed by atoms with Crippen molar-refractivity contribution in [3.8, 4) is 5.75 Å². The Kier molecular flexibility index (Phi) is 5.28. The third-order valence-electron chi connectivity index (χ3n) is 5.03. The van der Waals surface area contributed by atoms with Crippen molar-refractivity contribution in [2.24, 2.45) is 5.41 Å². The fraction of sp³-hybridized carbons (Fsp3) is 0.455. The number of carbonyl (C=O) groups excluding carboxylic acids is 2. The molecule has 6 heteroatoms. The van der Waals surface area contributed by atoms with Crippen LogP contribution in [0.5, 0.6) is 5.75 Å². The average Bonchev–Trinajstić information content (AvgIpc) is 2.92.